The summed E-state index contributed by atoms with van der Waals surface area (Å²) in [6, 6.07) is 0. The molecule has 0 aliphatic carbocycles. The van der Waals surface area contributed by atoms with Gasteiger partial charge in [-0.2, -0.15) is 9.83 Å². The summed E-state index contributed by atoms with van der Waals surface area (Å²) in [7, 11) is 0. The van der Waals surface area contributed by atoms with E-state index in [1.165, 1.54) is 0 Å². The molecule has 10 nitrogen and oxygen atoms in total. The van der Waals surface area contributed by atoms with Crippen LogP contribution in [0.25, 0.3) is 11.0 Å². The summed E-state index contributed by atoms with van der Waals surface area (Å²) in [5.41, 5.74) is 0.346. The van der Waals surface area contributed by atoms with Crippen LogP contribution in [0.15, 0.2) is 6.33 Å². The van der Waals surface area contributed by atoms with E-state index in [1.54, 1.807) is 0 Å². The van der Waals surface area contributed by atoms with E-state index in [4.69, 9.17) is 15.3 Å². The van der Waals surface area contributed by atoms with Crippen LogP contribution in [0, 0.1) is 5.41 Å². The van der Waals surface area contributed by atoms with E-state index < -0.39 is 31.0 Å². The molecule has 1 fully saturated rings. The van der Waals surface area contributed by atoms with Crippen molar-refractivity contribution in [1.29, 1.82) is 5.41 Å². The molecule has 0 amide bonds. The van der Waals surface area contributed by atoms with E-state index in [1.807, 2.05) is 0 Å². The van der Waals surface area contributed by atoms with Gasteiger partial charge in [-0.15, -0.1) is 0 Å². The topological polar surface area (TPSA) is 161 Å². The third kappa shape index (κ3) is 1.70. The molecular weight excluding hydrogens is 270 g/mol. The van der Waals surface area contributed by atoms with Crippen LogP contribution in [0.5, 0.6) is 0 Å². The first-order chi connectivity index (χ1) is 9.54. The predicted molar refractivity (Wildman–Crippen MR) is 61.6 cm³/mol. The molecule has 0 bridgehead atoms. The molecule has 0 spiro atoms. The highest BCUT2D eigenvalue weighted by Crippen LogP contribution is 2.34. The van der Waals surface area contributed by atoms with E-state index >= 15 is 0 Å². The quantitative estimate of drug-likeness (QED) is 0.336. The minimum absolute atomic E-state index is 0.0998. The Morgan fingerprint density at radius 1 is 1.35 bits per heavy atom. The molecular formula is C10H13N5O5. The van der Waals surface area contributed by atoms with Crippen LogP contribution in [0.2, 0.25) is 0 Å². The Morgan fingerprint density at radius 3 is 2.75 bits per heavy atom. The maximum Gasteiger partial charge on any atom is 0.192 e. The Kier molecular flexibility index (Phi) is 2.94. The molecule has 108 valence electrons. The Balaban J connectivity index is 2.08. The van der Waals surface area contributed by atoms with Crippen molar-refractivity contribution in [3.63, 3.8) is 0 Å². The van der Waals surface area contributed by atoms with Crippen LogP contribution in [0.1, 0.15) is 11.8 Å². The number of aromatic amines is 1. The van der Waals surface area contributed by atoms with E-state index in [9.17, 15) is 15.4 Å². The van der Waals surface area contributed by atoms with Crippen molar-refractivity contribution in [2.75, 3.05) is 6.61 Å². The average Bonchev–Trinajstić information content (AvgIpc) is 2.98. The van der Waals surface area contributed by atoms with Crippen LogP contribution in [-0.2, 0) is 4.74 Å². The summed E-state index contributed by atoms with van der Waals surface area (Å²) < 4.78 is 5.87. The molecule has 0 saturated carbocycles. The Labute approximate surface area is 111 Å². The normalized spacial score (nSPS) is 30.1. The van der Waals surface area contributed by atoms with E-state index in [0.717, 1.165) is 6.33 Å². The Morgan fingerprint density at radius 2 is 2.10 bits per heavy atom. The SMILES string of the molecule is N=c1c2n[nH]c([C@@H]3O[C@@H](CO)[C@@H](O)[C@H]3O)c2ncn1O. The highest BCUT2D eigenvalue weighted by atomic mass is 16.6. The number of rotatable bonds is 2. The monoisotopic (exact) mass is 283 g/mol. The molecule has 0 unspecified atom stereocenters. The van der Waals surface area contributed by atoms with Crippen LogP contribution in [0.3, 0.4) is 0 Å². The lowest BCUT2D eigenvalue weighted by molar-refractivity contribution is -0.0236. The molecule has 1 aliphatic rings. The summed E-state index contributed by atoms with van der Waals surface area (Å²) in [6.07, 6.45) is -3.33. The smallest absolute Gasteiger partial charge is 0.192 e. The van der Waals surface area contributed by atoms with Crippen molar-refractivity contribution < 1.29 is 25.3 Å². The highest BCUT2D eigenvalue weighted by molar-refractivity contribution is 5.75. The average molecular weight is 283 g/mol. The number of ether oxygens (including phenoxy) is 1. The van der Waals surface area contributed by atoms with Gasteiger partial charge in [0.2, 0.25) is 0 Å². The van der Waals surface area contributed by atoms with Gasteiger partial charge in [0, 0.05) is 0 Å². The Bertz CT molecular complexity index is 697. The van der Waals surface area contributed by atoms with Crippen LogP contribution in [-0.4, -0.2) is 65.4 Å². The number of fused-ring (bicyclic) bond motifs is 1. The number of hydrogen-bond donors (Lipinski definition) is 6. The second-order valence-corrected chi connectivity index (χ2v) is 4.53. The summed E-state index contributed by atoms with van der Waals surface area (Å²) >= 11 is 0. The zero-order valence-corrected chi connectivity index (χ0v) is 10.1. The van der Waals surface area contributed by atoms with Gasteiger partial charge in [0.15, 0.2) is 11.0 Å². The van der Waals surface area contributed by atoms with Crippen LogP contribution in [0.4, 0.5) is 0 Å². The van der Waals surface area contributed by atoms with Gasteiger partial charge >= 0.3 is 0 Å². The van der Waals surface area contributed by atoms with Gasteiger partial charge < -0.3 is 25.3 Å². The molecule has 1 saturated heterocycles. The summed E-state index contributed by atoms with van der Waals surface area (Å²) in [5.74, 6) is 0. The first kappa shape index (κ1) is 13.0. The minimum Gasteiger partial charge on any atom is -0.425 e. The van der Waals surface area contributed by atoms with E-state index in [2.05, 4.69) is 15.2 Å². The van der Waals surface area contributed by atoms with Gasteiger partial charge in [-0.05, 0) is 0 Å². The first-order valence-corrected chi connectivity index (χ1v) is 5.86. The van der Waals surface area contributed by atoms with Crippen molar-refractivity contribution in [3.8, 4) is 0 Å². The molecule has 2 aromatic heterocycles. The summed E-state index contributed by atoms with van der Waals surface area (Å²) in [4.78, 5) is 3.92. The van der Waals surface area contributed by atoms with Crippen molar-refractivity contribution in [2.45, 2.75) is 24.4 Å². The van der Waals surface area contributed by atoms with Gasteiger partial charge in [-0.3, -0.25) is 10.5 Å². The fourth-order valence-electron chi connectivity index (χ4n) is 2.26. The number of aliphatic hydroxyl groups is 3. The van der Waals surface area contributed by atoms with Gasteiger partial charge in [-0.1, -0.05) is 0 Å². The van der Waals surface area contributed by atoms with Gasteiger partial charge in [0.1, 0.15) is 36.3 Å². The maximum atomic E-state index is 9.95. The van der Waals surface area contributed by atoms with Gasteiger partial charge in [-0.25, -0.2) is 4.98 Å². The molecule has 1 aliphatic heterocycles. The Hall–Kier alpha value is -2.01. The molecule has 0 aromatic carbocycles. The van der Waals surface area contributed by atoms with Gasteiger partial charge in [0.25, 0.3) is 0 Å². The largest absolute Gasteiger partial charge is 0.425 e. The fourth-order valence-corrected chi connectivity index (χ4v) is 2.26. The van der Waals surface area contributed by atoms with Crippen molar-refractivity contribution in [2.24, 2.45) is 0 Å². The standard InChI is InChI=1S/C10H13N5O5/c11-10-6-4(12-2-15(10)19)5(13-14-6)9-8(18)7(17)3(1-16)20-9/h2-3,7-9,11,16-19H,1H2,(H,13,14)/t3-,7+,8+,9-/m0/s1. The number of nitrogens with zero attached hydrogens (tertiary/aromatic N) is 3. The zero-order chi connectivity index (χ0) is 14.4. The lowest BCUT2D eigenvalue weighted by atomic mass is 10.1. The van der Waals surface area contributed by atoms with Crippen molar-refractivity contribution >= 4 is 11.0 Å². The predicted octanol–water partition coefficient (Wildman–Crippen LogP) is -2.37. The summed E-state index contributed by atoms with van der Waals surface area (Å²) in [5, 5.41) is 52.1. The molecule has 3 rings (SSSR count). The second kappa shape index (κ2) is 4.52. The number of hydrogen-bond acceptors (Lipinski definition) is 8. The van der Waals surface area contributed by atoms with Crippen molar-refractivity contribution in [3.05, 3.63) is 17.5 Å². The number of H-pyrrole nitrogens is 1. The number of aliphatic hydroxyl groups excluding tert-OH is 3. The molecule has 10 heteroatoms. The number of aromatic nitrogens is 4. The number of nitrogens with one attached hydrogen (secondary N) is 2. The van der Waals surface area contributed by atoms with Crippen LogP contribution < -0.4 is 5.49 Å². The van der Waals surface area contributed by atoms with Crippen molar-refractivity contribution in [1.82, 2.24) is 19.9 Å². The molecule has 4 atom stereocenters. The highest BCUT2D eigenvalue weighted by Gasteiger charge is 2.44. The second-order valence-electron chi connectivity index (χ2n) is 4.53. The minimum atomic E-state index is -1.26. The lowest BCUT2D eigenvalue weighted by Crippen LogP contribution is -2.32. The fraction of sp³-hybridized carbons (Fsp3) is 0.500. The van der Waals surface area contributed by atoms with E-state index in [-0.39, 0.29) is 22.2 Å². The molecule has 20 heavy (non-hydrogen) atoms. The molecule has 0 radical (unpaired) electrons. The van der Waals surface area contributed by atoms with E-state index in [0.29, 0.717) is 4.73 Å². The first-order valence-electron chi connectivity index (χ1n) is 5.86. The lowest BCUT2D eigenvalue weighted by Gasteiger charge is -2.12. The summed E-state index contributed by atoms with van der Waals surface area (Å²) in [6.45, 7) is -0.436. The maximum absolute atomic E-state index is 9.95. The molecule has 2 aromatic rings. The van der Waals surface area contributed by atoms with Gasteiger partial charge in [0.05, 0.1) is 12.3 Å². The molecule has 6 N–H and O–H groups in total. The third-order valence-electron chi connectivity index (χ3n) is 3.34. The molecule has 3 heterocycles. The zero-order valence-electron chi connectivity index (χ0n) is 10.1. The van der Waals surface area contributed by atoms with Crippen LogP contribution >= 0.6 is 0 Å². The third-order valence-corrected chi connectivity index (χ3v) is 3.34.